The molecule has 0 aliphatic carbocycles. The molecule has 2 aromatic heterocycles. The number of para-hydroxylation sites is 1. The molecule has 1 amide bonds. The number of pyridine rings is 1. The third kappa shape index (κ3) is 3.98. The Hall–Kier alpha value is -3.36. The molecular weight excluding hydrogens is 377 g/mol. The summed E-state index contributed by atoms with van der Waals surface area (Å²) in [5.41, 5.74) is -1.21. The number of nitrogens with one attached hydrogen (secondary N) is 1. The zero-order valence-electron chi connectivity index (χ0n) is 14.8. The van der Waals surface area contributed by atoms with E-state index in [1.54, 1.807) is 13.8 Å². The molecule has 9 heteroatoms. The van der Waals surface area contributed by atoms with Crippen molar-refractivity contribution in [3.8, 4) is 16.9 Å². The van der Waals surface area contributed by atoms with Crippen LogP contribution in [0.4, 0.5) is 18.9 Å². The molecule has 0 radical (unpaired) electrons. The van der Waals surface area contributed by atoms with Gasteiger partial charge in [-0.25, -0.2) is 4.79 Å². The summed E-state index contributed by atoms with van der Waals surface area (Å²) in [6.07, 6.45) is -3.55. The Morgan fingerprint density at radius 3 is 2.57 bits per heavy atom. The second-order valence-corrected chi connectivity index (χ2v) is 6.18. The summed E-state index contributed by atoms with van der Waals surface area (Å²) >= 11 is 0. The van der Waals surface area contributed by atoms with Gasteiger partial charge in [0.1, 0.15) is 11.3 Å². The number of carbonyl (C=O) groups excluding carboxylic acids is 1. The highest BCUT2D eigenvalue weighted by atomic mass is 19.4. The van der Waals surface area contributed by atoms with Gasteiger partial charge in [-0.15, -0.1) is 13.2 Å². The summed E-state index contributed by atoms with van der Waals surface area (Å²) in [5.74, 6) is -1.48. The van der Waals surface area contributed by atoms with Gasteiger partial charge in [-0.2, -0.15) is 0 Å². The second-order valence-electron chi connectivity index (χ2n) is 6.18. The van der Waals surface area contributed by atoms with Gasteiger partial charge in [0.25, 0.3) is 0 Å². The molecule has 0 saturated heterocycles. The highest BCUT2D eigenvalue weighted by Gasteiger charge is 2.33. The van der Waals surface area contributed by atoms with Crippen molar-refractivity contribution >= 4 is 22.7 Å². The van der Waals surface area contributed by atoms with Gasteiger partial charge in [0, 0.05) is 17.7 Å². The third-order valence-electron chi connectivity index (χ3n) is 3.82. The first-order valence-corrected chi connectivity index (χ1v) is 8.25. The predicted molar refractivity (Wildman–Crippen MR) is 95.9 cm³/mol. The number of amides is 1. The molecule has 28 heavy (non-hydrogen) atoms. The number of nitrogens with zero attached hydrogens (tertiary/aromatic N) is 1. The first-order chi connectivity index (χ1) is 13.2. The minimum atomic E-state index is -4.97. The van der Waals surface area contributed by atoms with E-state index in [2.05, 4.69) is 15.0 Å². The van der Waals surface area contributed by atoms with Crippen LogP contribution in [-0.4, -0.2) is 17.3 Å². The maximum atomic E-state index is 12.8. The van der Waals surface area contributed by atoms with Crippen molar-refractivity contribution in [2.24, 2.45) is 5.92 Å². The van der Waals surface area contributed by atoms with Gasteiger partial charge >= 0.3 is 12.0 Å². The summed E-state index contributed by atoms with van der Waals surface area (Å²) in [6.45, 7) is 3.27. The van der Waals surface area contributed by atoms with E-state index in [0.29, 0.717) is 0 Å². The third-order valence-corrected chi connectivity index (χ3v) is 3.82. The summed E-state index contributed by atoms with van der Waals surface area (Å²) in [7, 11) is 0. The Balaban J connectivity index is 2.31. The summed E-state index contributed by atoms with van der Waals surface area (Å²) in [6, 6.07) is 8.11. The lowest BCUT2D eigenvalue weighted by Gasteiger charge is -2.16. The van der Waals surface area contributed by atoms with Crippen LogP contribution in [0.3, 0.4) is 0 Å². The van der Waals surface area contributed by atoms with Crippen molar-refractivity contribution in [1.29, 1.82) is 0 Å². The van der Waals surface area contributed by atoms with Crippen LogP contribution >= 0.6 is 0 Å². The lowest BCUT2D eigenvalue weighted by atomic mass is 10.0. The van der Waals surface area contributed by atoms with Crippen molar-refractivity contribution in [3.63, 3.8) is 0 Å². The molecule has 0 saturated carbocycles. The summed E-state index contributed by atoms with van der Waals surface area (Å²) in [4.78, 5) is 29.0. The Bertz CT molecular complexity index is 1090. The highest BCUT2D eigenvalue weighted by molar-refractivity contribution is 6.05. The molecule has 1 N–H and O–H groups in total. The van der Waals surface area contributed by atoms with Crippen molar-refractivity contribution in [2.75, 3.05) is 5.32 Å². The van der Waals surface area contributed by atoms with E-state index in [1.165, 1.54) is 36.5 Å². The Labute approximate surface area is 157 Å². The minimum absolute atomic E-state index is 0.0382. The van der Waals surface area contributed by atoms with Crippen LogP contribution in [0.1, 0.15) is 13.8 Å². The average molecular weight is 392 g/mol. The standard InChI is InChI=1S/C19H15F3N2O4/c1-10(2)17(25)24-16-14(18(26)27-13-8-5-9-23-15(13)16)11-6-3-4-7-12(11)28-19(20,21)22/h3-10H,1-2H3,(H,24,25). The number of anilines is 1. The molecule has 0 bridgehead atoms. The van der Waals surface area contributed by atoms with E-state index in [0.717, 1.165) is 6.07 Å². The molecule has 0 aliphatic rings. The van der Waals surface area contributed by atoms with E-state index < -0.39 is 29.6 Å². The second kappa shape index (κ2) is 7.34. The smallest absolute Gasteiger partial charge is 0.420 e. The molecule has 3 aromatic rings. The monoisotopic (exact) mass is 392 g/mol. The van der Waals surface area contributed by atoms with Crippen molar-refractivity contribution < 1.29 is 27.1 Å². The lowest BCUT2D eigenvalue weighted by molar-refractivity contribution is -0.274. The number of hydrogen-bond donors (Lipinski definition) is 1. The number of rotatable bonds is 4. The fourth-order valence-corrected chi connectivity index (χ4v) is 2.55. The molecule has 3 rings (SSSR count). The number of halogens is 3. The summed E-state index contributed by atoms with van der Waals surface area (Å²) < 4.78 is 47.7. The Morgan fingerprint density at radius 2 is 1.89 bits per heavy atom. The summed E-state index contributed by atoms with van der Waals surface area (Å²) in [5, 5.41) is 2.58. The zero-order chi connectivity index (χ0) is 20.5. The van der Waals surface area contributed by atoms with Crippen LogP contribution in [0.15, 0.2) is 51.8 Å². The van der Waals surface area contributed by atoms with Gasteiger partial charge in [0.15, 0.2) is 5.58 Å². The van der Waals surface area contributed by atoms with Gasteiger partial charge in [-0.3, -0.25) is 9.78 Å². The molecule has 0 spiro atoms. The topological polar surface area (TPSA) is 81.4 Å². The van der Waals surface area contributed by atoms with E-state index in [1.807, 2.05) is 0 Å². The van der Waals surface area contributed by atoms with Gasteiger partial charge in [-0.05, 0) is 18.2 Å². The zero-order valence-corrected chi connectivity index (χ0v) is 14.8. The number of benzene rings is 1. The first kappa shape index (κ1) is 19.4. The molecule has 146 valence electrons. The van der Waals surface area contributed by atoms with E-state index >= 15 is 0 Å². The minimum Gasteiger partial charge on any atom is -0.420 e. The number of aromatic nitrogens is 1. The van der Waals surface area contributed by atoms with Crippen LogP contribution in [0.2, 0.25) is 0 Å². The number of alkyl halides is 3. The predicted octanol–water partition coefficient (Wildman–Crippen LogP) is 4.35. The van der Waals surface area contributed by atoms with Gasteiger partial charge < -0.3 is 14.5 Å². The molecule has 1 aromatic carbocycles. The normalized spacial score (nSPS) is 11.6. The molecular formula is C19H15F3N2O4. The van der Waals surface area contributed by atoms with E-state index in [4.69, 9.17) is 4.42 Å². The Kier molecular flexibility index (Phi) is 5.08. The number of hydrogen-bond acceptors (Lipinski definition) is 5. The SMILES string of the molecule is CC(C)C(=O)Nc1c(-c2ccccc2OC(F)(F)F)c(=O)oc2cccnc12. The molecule has 0 fully saturated rings. The average Bonchev–Trinajstić information content (AvgIpc) is 2.61. The van der Waals surface area contributed by atoms with Crippen LogP contribution < -0.4 is 15.7 Å². The first-order valence-electron chi connectivity index (χ1n) is 8.25. The van der Waals surface area contributed by atoms with Crippen LogP contribution in [0, 0.1) is 5.92 Å². The number of ether oxygens (including phenoxy) is 1. The molecule has 0 unspecified atom stereocenters. The molecule has 0 aliphatic heterocycles. The van der Waals surface area contributed by atoms with Gasteiger partial charge in [-0.1, -0.05) is 32.0 Å². The maximum Gasteiger partial charge on any atom is 0.573 e. The van der Waals surface area contributed by atoms with Crippen molar-refractivity contribution in [3.05, 3.63) is 53.0 Å². The number of fused-ring (bicyclic) bond motifs is 1. The highest BCUT2D eigenvalue weighted by Crippen LogP contribution is 2.38. The molecule has 0 atom stereocenters. The van der Waals surface area contributed by atoms with Crippen LogP contribution in [-0.2, 0) is 4.79 Å². The lowest BCUT2D eigenvalue weighted by Crippen LogP contribution is -2.21. The van der Waals surface area contributed by atoms with Crippen molar-refractivity contribution in [2.45, 2.75) is 20.2 Å². The fourth-order valence-electron chi connectivity index (χ4n) is 2.55. The van der Waals surface area contributed by atoms with Crippen LogP contribution in [0.25, 0.3) is 22.2 Å². The largest absolute Gasteiger partial charge is 0.573 e. The van der Waals surface area contributed by atoms with Gasteiger partial charge in [0.2, 0.25) is 5.91 Å². The van der Waals surface area contributed by atoms with Gasteiger partial charge in [0.05, 0.1) is 11.3 Å². The molecule has 2 heterocycles. The van der Waals surface area contributed by atoms with Crippen molar-refractivity contribution in [1.82, 2.24) is 4.98 Å². The van der Waals surface area contributed by atoms with Crippen LogP contribution in [0.5, 0.6) is 5.75 Å². The maximum absolute atomic E-state index is 12.8. The number of carbonyl (C=O) groups is 1. The molecule has 6 nitrogen and oxygen atoms in total. The fraction of sp³-hybridized carbons (Fsp3) is 0.211. The van der Waals surface area contributed by atoms with E-state index in [-0.39, 0.29) is 27.9 Å². The Morgan fingerprint density at radius 1 is 1.18 bits per heavy atom. The quantitative estimate of drug-likeness (QED) is 0.714. The van der Waals surface area contributed by atoms with E-state index in [9.17, 15) is 22.8 Å².